The molecule has 37 heavy (non-hydrogen) atoms. The average Bonchev–Trinajstić information content (AvgIpc) is 2.94. The van der Waals surface area contributed by atoms with E-state index < -0.39 is 11.6 Å². The highest BCUT2D eigenvalue weighted by Gasteiger charge is 2.29. The molecule has 3 aliphatic rings. The number of hydrogen-bond acceptors (Lipinski definition) is 0. The normalized spacial score (nSPS) is 29.2. The average molecular weight is 509 g/mol. The van der Waals surface area contributed by atoms with Gasteiger partial charge in [0, 0.05) is 5.56 Å². The van der Waals surface area contributed by atoms with Gasteiger partial charge in [-0.25, -0.2) is 8.78 Å². The number of benzene rings is 1. The molecule has 0 bridgehead atoms. The van der Waals surface area contributed by atoms with Gasteiger partial charge in [0.1, 0.15) is 0 Å². The molecule has 0 radical (unpaired) electrons. The van der Waals surface area contributed by atoms with E-state index in [0.29, 0.717) is 23.5 Å². The van der Waals surface area contributed by atoms with Crippen molar-refractivity contribution in [2.24, 2.45) is 29.6 Å². The molecule has 0 saturated heterocycles. The van der Waals surface area contributed by atoms with Crippen LogP contribution in [0.4, 0.5) is 8.78 Å². The minimum Gasteiger partial charge on any atom is -0.203 e. The molecule has 204 valence electrons. The molecule has 1 atom stereocenters. The van der Waals surface area contributed by atoms with E-state index in [-0.39, 0.29) is 0 Å². The van der Waals surface area contributed by atoms with Gasteiger partial charge in [-0.2, -0.15) is 0 Å². The maximum Gasteiger partial charge on any atom is 0.166 e. The van der Waals surface area contributed by atoms with Crippen molar-refractivity contribution >= 4 is 5.57 Å². The zero-order chi connectivity index (χ0) is 26.0. The van der Waals surface area contributed by atoms with Crippen LogP contribution in [0, 0.1) is 41.2 Å². The molecule has 3 aliphatic carbocycles. The van der Waals surface area contributed by atoms with Crippen molar-refractivity contribution in [3.8, 4) is 0 Å². The molecule has 0 nitrogen and oxygen atoms in total. The van der Waals surface area contributed by atoms with E-state index in [1.54, 1.807) is 0 Å². The third-order valence-electron chi connectivity index (χ3n) is 9.95. The Morgan fingerprint density at radius 3 is 2.24 bits per heavy atom. The van der Waals surface area contributed by atoms with Crippen molar-refractivity contribution in [2.75, 3.05) is 0 Å². The zero-order valence-corrected chi connectivity index (χ0v) is 23.5. The summed E-state index contributed by atoms with van der Waals surface area (Å²) in [7, 11) is 0. The molecule has 0 spiro atoms. The van der Waals surface area contributed by atoms with Crippen LogP contribution in [0.25, 0.3) is 5.57 Å². The highest BCUT2D eigenvalue weighted by atomic mass is 19.2. The number of halogens is 2. The predicted octanol–water partition coefficient (Wildman–Crippen LogP) is 11.0. The molecule has 0 amide bonds. The van der Waals surface area contributed by atoms with E-state index in [9.17, 15) is 4.39 Å². The summed E-state index contributed by atoms with van der Waals surface area (Å²) in [6.07, 6.45) is 30.1. The first-order valence-electron chi connectivity index (χ1n) is 15.5. The Morgan fingerprint density at radius 2 is 1.57 bits per heavy atom. The first kappa shape index (κ1) is 28.3. The second kappa shape index (κ2) is 14.5. The van der Waals surface area contributed by atoms with Gasteiger partial charge in [0.2, 0.25) is 0 Å². The van der Waals surface area contributed by atoms with E-state index in [1.807, 2.05) is 12.1 Å². The maximum atomic E-state index is 15.1. The molecule has 1 aromatic rings. The van der Waals surface area contributed by atoms with Crippen molar-refractivity contribution in [3.05, 3.63) is 65.3 Å². The number of aryl methyl sites for hydroxylation is 1. The van der Waals surface area contributed by atoms with Crippen LogP contribution in [0.2, 0.25) is 0 Å². The summed E-state index contributed by atoms with van der Waals surface area (Å²) in [5.74, 6) is 2.76. The minimum atomic E-state index is -0.633. The van der Waals surface area contributed by atoms with Gasteiger partial charge < -0.3 is 0 Å². The van der Waals surface area contributed by atoms with Crippen LogP contribution >= 0.6 is 0 Å². The molecular weight excluding hydrogens is 458 g/mol. The van der Waals surface area contributed by atoms with Crippen molar-refractivity contribution in [3.63, 3.8) is 0 Å². The van der Waals surface area contributed by atoms with Crippen molar-refractivity contribution in [1.82, 2.24) is 0 Å². The Morgan fingerprint density at radius 1 is 0.811 bits per heavy atom. The van der Waals surface area contributed by atoms with E-state index >= 15 is 4.39 Å². The van der Waals surface area contributed by atoms with Crippen LogP contribution in [0.15, 0.2) is 42.5 Å². The Balaban J connectivity index is 1.23. The molecule has 0 heterocycles. The third-order valence-corrected chi connectivity index (χ3v) is 9.95. The molecular formula is C35H50F2. The molecule has 4 rings (SSSR count). The van der Waals surface area contributed by atoms with Crippen LogP contribution in [0.1, 0.15) is 121 Å². The van der Waals surface area contributed by atoms with Crippen molar-refractivity contribution < 1.29 is 8.78 Å². The Bertz CT molecular complexity index is 923. The number of allylic oxidation sites excluding steroid dienone is 6. The Labute approximate surface area is 225 Å². The number of rotatable bonds is 10. The summed E-state index contributed by atoms with van der Waals surface area (Å²) in [5, 5.41) is 0. The summed E-state index contributed by atoms with van der Waals surface area (Å²) >= 11 is 0. The van der Waals surface area contributed by atoms with Gasteiger partial charge in [-0.1, -0.05) is 68.7 Å². The maximum absolute atomic E-state index is 15.1. The minimum absolute atomic E-state index is 0.496. The second-order valence-corrected chi connectivity index (χ2v) is 12.2. The van der Waals surface area contributed by atoms with Gasteiger partial charge in [-0.05, 0) is 131 Å². The molecule has 0 aromatic heterocycles. The predicted molar refractivity (Wildman–Crippen MR) is 154 cm³/mol. The topological polar surface area (TPSA) is 0 Å². The van der Waals surface area contributed by atoms with Gasteiger partial charge >= 0.3 is 0 Å². The van der Waals surface area contributed by atoms with Gasteiger partial charge in [-0.3, -0.25) is 0 Å². The molecule has 0 N–H and O–H groups in total. The highest BCUT2D eigenvalue weighted by molar-refractivity contribution is 5.67. The first-order chi connectivity index (χ1) is 18.1. The van der Waals surface area contributed by atoms with E-state index in [2.05, 4.69) is 44.2 Å². The van der Waals surface area contributed by atoms with Crippen LogP contribution in [0.5, 0.6) is 0 Å². The molecule has 2 saturated carbocycles. The quantitative estimate of drug-likeness (QED) is 0.276. The van der Waals surface area contributed by atoms with E-state index in [0.717, 1.165) is 54.9 Å². The van der Waals surface area contributed by atoms with Crippen molar-refractivity contribution in [1.29, 1.82) is 0 Å². The van der Waals surface area contributed by atoms with Crippen LogP contribution in [-0.4, -0.2) is 0 Å². The zero-order valence-electron chi connectivity index (χ0n) is 23.5. The lowest BCUT2D eigenvalue weighted by Gasteiger charge is -2.35. The van der Waals surface area contributed by atoms with E-state index in [1.165, 1.54) is 70.6 Å². The number of hydrogen-bond donors (Lipinski definition) is 0. The van der Waals surface area contributed by atoms with Gasteiger partial charge in [0.05, 0.1) is 0 Å². The van der Waals surface area contributed by atoms with Gasteiger partial charge in [0.15, 0.2) is 11.6 Å². The van der Waals surface area contributed by atoms with Gasteiger partial charge in [0.25, 0.3) is 0 Å². The molecule has 2 heteroatoms. The van der Waals surface area contributed by atoms with Crippen LogP contribution in [0.3, 0.4) is 0 Å². The fourth-order valence-corrected chi connectivity index (χ4v) is 7.32. The van der Waals surface area contributed by atoms with Gasteiger partial charge in [-0.15, -0.1) is 0 Å². The summed E-state index contributed by atoms with van der Waals surface area (Å²) in [6, 6.07) is 3.67. The lowest BCUT2D eigenvalue weighted by atomic mass is 9.70. The van der Waals surface area contributed by atoms with E-state index in [4.69, 9.17) is 0 Å². The van der Waals surface area contributed by atoms with Crippen molar-refractivity contribution in [2.45, 2.75) is 117 Å². The first-order valence-corrected chi connectivity index (χ1v) is 15.5. The fourth-order valence-electron chi connectivity index (χ4n) is 7.32. The summed E-state index contributed by atoms with van der Waals surface area (Å²) < 4.78 is 30.1. The Kier molecular flexibility index (Phi) is 11.1. The second-order valence-electron chi connectivity index (χ2n) is 12.2. The highest BCUT2D eigenvalue weighted by Crippen LogP contribution is 2.42. The molecule has 1 aromatic carbocycles. The fraction of sp³-hybridized carbons (Fsp3) is 0.657. The Hall–Kier alpha value is -1.70. The monoisotopic (exact) mass is 508 g/mol. The van der Waals surface area contributed by atoms with Crippen LogP contribution < -0.4 is 0 Å². The summed E-state index contributed by atoms with van der Waals surface area (Å²) in [4.78, 5) is 0. The smallest absolute Gasteiger partial charge is 0.166 e. The summed E-state index contributed by atoms with van der Waals surface area (Å²) in [5.41, 5.74) is 2.03. The lowest BCUT2D eigenvalue weighted by molar-refractivity contribution is 0.192. The largest absolute Gasteiger partial charge is 0.203 e. The molecule has 1 unspecified atom stereocenters. The molecule has 2 fully saturated rings. The standard InChI is InChI=1S/C35H50F2/c1-3-5-6-9-27-12-14-28(15-13-27)10-7-8-11-32-24-25-33(35(37)34(32)36)31-22-20-30(21-23-31)29-18-16-26(4-2)17-19-29/h3,5,7,10,22,24-30H,4,6,8-9,11-21,23H2,1-2H3/b5-3+,10-7+. The van der Waals surface area contributed by atoms with Crippen LogP contribution in [-0.2, 0) is 6.42 Å². The summed E-state index contributed by atoms with van der Waals surface area (Å²) in [6.45, 7) is 4.41. The SMILES string of the molecule is C/C=C/CCC1CCC(/C=C/CCc2ccc(C3=CCC(C4CCC(CC)CC4)CC3)c(F)c2F)CC1. The third kappa shape index (κ3) is 7.90. The molecule has 0 aliphatic heterocycles. The lowest BCUT2D eigenvalue weighted by Crippen LogP contribution is -2.23.